The summed E-state index contributed by atoms with van der Waals surface area (Å²) in [6.45, 7) is 12.1. The zero-order valence-corrected chi connectivity index (χ0v) is 15.1. The molecular weight excluding hydrogens is 304 g/mol. The van der Waals surface area contributed by atoms with E-state index in [-0.39, 0.29) is 11.1 Å². The number of hydrogen-bond acceptors (Lipinski definition) is 5. The number of carbonyl (C=O) groups is 3. The Morgan fingerprint density at radius 2 is 1.00 bits per heavy atom. The first-order valence-electron chi connectivity index (χ1n) is 7.14. The van der Waals surface area contributed by atoms with Gasteiger partial charge in [-0.15, -0.1) is 0 Å². The van der Waals surface area contributed by atoms with Gasteiger partial charge in [0.25, 0.3) is 17.9 Å². The second-order valence-electron chi connectivity index (χ2n) is 6.62. The Morgan fingerprint density at radius 3 is 1.13 bits per heavy atom. The van der Waals surface area contributed by atoms with Gasteiger partial charge in [0.15, 0.2) is 0 Å². The average molecular weight is 336 g/mol. The standard InChI is InChI=1S/C9H20N2.3C2H4O2/c1-8(2)5-7(10)6-9(3,4)11-8;3*1-2(3)4/h7,11H,5-6,10H2,1-4H3;3*1H3,(H,3,4). The first-order chi connectivity index (χ1) is 10.0. The molecule has 0 aromatic rings. The fraction of sp³-hybridized carbons (Fsp3) is 0.800. The molecule has 0 unspecified atom stereocenters. The van der Waals surface area contributed by atoms with E-state index in [0.717, 1.165) is 33.6 Å². The molecule has 1 aliphatic rings. The molecule has 0 aromatic carbocycles. The van der Waals surface area contributed by atoms with Crippen LogP contribution in [0.3, 0.4) is 0 Å². The number of carboxylic acids is 3. The lowest BCUT2D eigenvalue weighted by atomic mass is 9.80. The summed E-state index contributed by atoms with van der Waals surface area (Å²) in [6, 6.07) is 0.362. The molecule has 8 nitrogen and oxygen atoms in total. The highest BCUT2D eigenvalue weighted by molar-refractivity contribution is 5.63. The number of nitrogens with two attached hydrogens (primary N) is 1. The van der Waals surface area contributed by atoms with Gasteiger partial charge in [-0.25, -0.2) is 0 Å². The summed E-state index contributed by atoms with van der Waals surface area (Å²) < 4.78 is 0. The van der Waals surface area contributed by atoms with Crippen molar-refractivity contribution in [2.75, 3.05) is 0 Å². The minimum absolute atomic E-state index is 0.209. The summed E-state index contributed by atoms with van der Waals surface area (Å²) in [5.74, 6) is -2.50. The maximum Gasteiger partial charge on any atom is 0.300 e. The summed E-state index contributed by atoms with van der Waals surface area (Å²) in [4.78, 5) is 27.0. The predicted molar refractivity (Wildman–Crippen MR) is 88.4 cm³/mol. The normalized spacial score (nSPS) is 17.7. The first-order valence-corrected chi connectivity index (χ1v) is 7.14. The van der Waals surface area contributed by atoms with Gasteiger partial charge in [0.05, 0.1) is 0 Å². The van der Waals surface area contributed by atoms with Crippen LogP contribution in [0, 0.1) is 0 Å². The smallest absolute Gasteiger partial charge is 0.300 e. The van der Waals surface area contributed by atoms with Gasteiger partial charge in [0, 0.05) is 37.9 Å². The van der Waals surface area contributed by atoms with Gasteiger partial charge >= 0.3 is 0 Å². The minimum Gasteiger partial charge on any atom is -0.481 e. The van der Waals surface area contributed by atoms with Crippen LogP contribution in [0.1, 0.15) is 61.3 Å². The average Bonchev–Trinajstić information content (AvgIpc) is 2.05. The van der Waals surface area contributed by atoms with Gasteiger partial charge in [0.1, 0.15) is 0 Å². The van der Waals surface area contributed by atoms with Crippen LogP contribution in [0.5, 0.6) is 0 Å². The van der Waals surface area contributed by atoms with Crippen molar-refractivity contribution in [3.63, 3.8) is 0 Å². The van der Waals surface area contributed by atoms with E-state index in [4.69, 9.17) is 35.4 Å². The number of rotatable bonds is 0. The Balaban J connectivity index is -0.000000278. The summed E-state index contributed by atoms with van der Waals surface area (Å²) in [5.41, 5.74) is 6.36. The summed E-state index contributed by atoms with van der Waals surface area (Å²) in [5, 5.41) is 25.8. The molecule has 1 saturated heterocycles. The molecule has 0 aliphatic carbocycles. The Morgan fingerprint density at radius 1 is 0.826 bits per heavy atom. The van der Waals surface area contributed by atoms with E-state index < -0.39 is 17.9 Å². The molecule has 23 heavy (non-hydrogen) atoms. The van der Waals surface area contributed by atoms with Gasteiger partial charge in [0.2, 0.25) is 0 Å². The lowest BCUT2D eigenvalue weighted by Gasteiger charge is -2.45. The lowest BCUT2D eigenvalue weighted by Crippen LogP contribution is -2.60. The fourth-order valence-corrected chi connectivity index (χ4v) is 2.40. The monoisotopic (exact) mass is 336 g/mol. The number of carboxylic acid groups (broad SMARTS) is 3. The summed E-state index contributed by atoms with van der Waals surface area (Å²) in [7, 11) is 0. The molecule has 1 rings (SSSR count). The second-order valence-corrected chi connectivity index (χ2v) is 6.62. The Labute approximate surface area is 138 Å². The van der Waals surface area contributed by atoms with E-state index in [0.29, 0.717) is 6.04 Å². The quantitative estimate of drug-likeness (QED) is 0.447. The van der Waals surface area contributed by atoms with E-state index in [9.17, 15) is 0 Å². The van der Waals surface area contributed by atoms with E-state index in [1.165, 1.54) is 0 Å². The second kappa shape index (κ2) is 11.8. The third-order valence-corrected chi connectivity index (χ3v) is 2.22. The van der Waals surface area contributed by atoms with Crippen molar-refractivity contribution in [2.24, 2.45) is 5.73 Å². The van der Waals surface area contributed by atoms with Crippen molar-refractivity contribution in [1.29, 1.82) is 0 Å². The molecule has 1 heterocycles. The highest BCUT2D eigenvalue weighted by Gasteiger charge is 2.35. The summed E-state index contributed by atoms with van der Waals surface area (Å²) >= 11 is 0. The fourth-order valence-electron chi connectivity index (χ4n) is 2.40. The molecule has 1 aliphatic heterocycles. The van der Waals surface area contributed by atoms with E-state index in [2.05, 4.69) is 33.0 Å². The molecule has 6 N–H and O–H groups in total. The number of aliphatic carboxylic acids is 3. The van der Waals surface area contributed by atoms with Crippen LogP contribution < -0.4 is 11.1 Å². The molecule has 0 aromatic heterocycles. The van der Waals surface area contributed by atoms with E-state index in [1.54, 1.807) is 0 Å². The predicted octanol–water partition coefficient (Wildman–Crippen LogP) is 1.53. The number of nitrogens with one attached hydrogen (secondary N) is 1. The zero-order valence-electron chi connectivity index (χ0n) is 15.1. The Hall–Kier alpha value is -1.67. The molecule has 0 amide bonds. The topological polar surface area (TPSA) is 150 Å². The third kappa shape index (κ3) is 33.3. The van der Waals surface area contributed by atoms with E-state index >= 15 is 0 Å². The Kier molecular flexibility index (Phi) is 13.5. The van der Waals surface area contributed by atoms with Gasteiger partial charge < -0.3 is 26.4 Å². The van der Waals surface area contributed by atoms with Crippen LogP contribution in [-0.2, 0) is 14.4 Å². The molecule has 0 saturated carbocycles. The largest absolute Gasteiger partial charge is 0.481 e. The number of piperidine rings is 1. The van der Waals surface area contributed by atoms with Crippen LogP contribution in [0.15, 0.2) is 0 Å². The van der Waals surface area contributed by atoms with Crippen molar-refractivity contribution in [1.82, 2.24) is 5.32 Å². The number of hydrogen-bond donors (Lipinski definition) is 5. The highest BCUT2D eigenvalue weighted by Crippen LogP contribution is 2.26. The molecule has 0 atom stereocenters. The molecule has 1 fully saturated rings. The minimum atomic E-state index is -0.833. The Bertz CT molecular complexity index is 324. The first kappa shape index (κ1) is 26.2. The lowest BCUT2D eigenvalue weighted by molar-refractivity contribution is -0.135. The SMILES string of the molecule is CC(=O)O.CC(=O)O.CC(=O)O.CC1(C)CC(N)CC(C)(C)N1. The van der Waals surface area contributed by atoms with Crippen molar-refractivity contribution in [2.45, 2.75) is 78.4 Å². The third-order valence-electron chi connectivity index (χ3n) is 2.22. The molecule has 0 bridgehead atoms. The molecule has 8 heteroatoms. The highest BCUT2D eigenvalue weighted by atomic mass is 16.4. The van der Waals surface area contributed by atoms with Crippen LogP contribution in [0.4, 0.5) is 0 Å². The van der Waals surface area contributed by atoms with Crippen LogP contribution in [-0.4, -0.2) is 50.3 Å². The van der Waals surface area contributed by atoms with Crippen LogP contribution in [0.25, 0.3) is 0 Å². The summed E-state index contributed by atoms with van der Waals surface area (Å²) in [6.07, 6.45) is 2.16. The van der Waals surface area contributed by atoms with Crippen molar-refractivity contribution in [3.8, 4) is 0 Å². The molecular formula is C15H32N2O6. The maximum absolute atomic E-state index is 9.00. The van der Waals surface area contributed by atoms with E-state index in [1.807, 2.05) is 0 Å². The zero-order chi connectivity index (χ0) is 19.4. The van der Waals surface area contributed by atoms with Gasteiger partial charge in [-0.2, -0.15) is 0 Å². The van der Waals surface area contributed by atoms with Crippen molar-refractivity contribution < 1.29 is 29.7 Å². The molecule has 0 radical (unpaired) electrons. The molecule has 138 valence electrons. The molecule has 0 spiro atoms. The van der Waals surface area contributed by atoms with Crippen molar-refractivity contribution in [3.05, 3.63) is 0 Å². The van der Waals surface area contributed by atoms with Crippen LogP contribution >= 0.6 is 0 Å². The van der Waals surface area contributed by atoms with Gasteiger partial charge in [-0.05, 0) is 40.5 Å². The maximum atomic E-state index is 9.00. The van der Waals surface area contributed by atoms with Gasteiger partial charge in [-0.3, -0.25) is 14.4 Å². The van der Waals surface area contributed by atoms with Crippen LogP contribution in [0.2, 0.25) is 0 Å². The van der Waals surface area contributed by atoms with Gasteiger partial charge in [-0.1, -0.05) is 0 Å². The van der Waals surface area contributed by atoms with Crippen molar-refractivity contribution >= 4 is 17.9 Å².